The Balaban J connectivity index is 0.000000720. The van der Waals surface area contributed by atoms with E-state index in [9.17, 15) is 4.39 Å². The van der Waals surface area contributed by atoms with Gasteiger partial charge in [0, 0.05) is 5.39 Å². The number of benzene rings is 2. The monoisotopic (exact) mass is 182 g/mol. The van der Waals surface area contributed by atoms with E-state index in [1.165, 1.54) is 6.07 Å². The van der Waals surface area contributed by atoms with Crippen LogP contribution in [0.5, 0.6) is 0 Å². The van der Waals surface area contributed by atoms with Crippen LogP contribution in [0.4, 0.5) is 4.39 Å². The van der Waals surface area contributed by atoms with Crippen LogP contribution in [0.15, 0.2) is 42.5 Å². The zero-order valence-corrected chi connectivity index (χ0v) is 7.14. The van der Waals surface area contributed by atoms with Gasteiger partial charge in [-0.25, -0.2) is 4.39 Å². The van der Waals surface area contributed by atoms with E-state index in [-0.39, 0.29) is 18.2 Å². The summed E-state index contributed by atoms with van der Waals surface area (Å²) in [5.41, 5.74) is 0. The number of fused-ring (bicyclic) bond motifs is 1. The molecule has 0 fully saturated rings. The molecular weight excluding hydrogens is 175 g/mol. The first-order valence-corrected chi connectivity index (χ1v) is 3.51. The predicted octanol–water partition coefficient (Wildman–Crippen LogP) is 3.40. The fraction of sp³-hybridized carbons (Fsp3) is 0. The Bertz CT molecular complexity index is 379. The van der Waals surface area contributed by atoms with Gasteiger partial charge in [0.25, 0.3) is 0 Å². The SMILES string of the molecule is Cl.Fc1cccc2ccccc12. The van der Waals surface area contributed by atoms with E-state index >= 15 is 0 Å². The summed E-state index contributed by atoms with van der Waals surface area (Å²) in [5, 5.41) is 1.64. The van der Waals surface area contributed by atoms with E-state index in [1.54, 1.807) is 12.1 Å². The Hall–Kier alpha value is -1.08. The van der Waals surface area contributed by atoms with E-state index in [2.05, 4.69) is 0 Å². The molecule has 0 heterocycles. The van der Waals surface area contributed by atoms with Gasteiger partial charge in [-0.3, -0.25) is 0 Å². The van der Waals surface area contributed by atoms with Gasteiger partial charge in [0.2, 0.25) is 0 Å². The third kappa shape index (κ3) is 1.41. The molecule has 2 aromatic rings. The maximum absolute atomic E-state index is 13.0. The van der Waals surface area contributed by atoms with Gasteiger partial charge in [0.05, 0.1) is 0 Å². The molecule has 0 aliphatic carbocycles. The molecule has 0 N–H and O–H groups in total. The molecule has 0 amide bonds. The van der Waals surface area contributed by atoms with Crippen LogP contribution in [0, 0.1) is 5.82 Å². The summed E-state index contributed by atoms with van der Waals surface area (Å²) >= 11 is 0. The normalized spacial score (nSPS) is 9.42. The van der Waals surface area contributed by atoms with Gasteiger partial charge in [0.1, 0.15) is 5.82 Å². The maximum Gasteiger partial charge on any atom is 0.131 e. The van der Waals surface area contributed by atoms with Crippen LogP contribution in [0.2, 0.25) is 0 Å². The molecule has 0 saturated carbocycles. The van der Waals surface area contributed by atoms with E-state index < -0.39 is 0 Å². The molecule has 12 heavy (non-hydrogen) atoms. The molecule has 0 unspecified atom stereocenters. The summed E-state index contributed by atoms with van der Waals surface area (Å²) in [6, 6.07) is 12.5. The highest BCUT2D eigenvalue weighted by Gasteiger charge is 1.95. The van der Waals surface area contributed by atoms with Crippen molar-refractivity contribution in [1.29, 1.82) is 0 Å². The van der Waals surface area contributed by atoms with Crippen LogP contribution in [0.25, 0.3) is 10.8 Å². The second-order valence-corrected chi connectivity index (χ2v) is 2.46. The second-order valence-electron chi connectivity index (χ2n) is 2.46. The van der Waals surface area contributed by atoms with Crippen molar-refractivity contribution in [2.45, 2.75) is 0 Å². The number of hydrogen-bond donors (Lipinski definition) is 0. The Morgan fingerprint density at radius 3 is 2.25 bits per heavy atom. The van der Waals surface area contributed by atoms with Crippen LogP contribution < -0.4 is 0 Å². The standard InChI is InChI=1S/C10H7F.ClH/c11-10-7-3-5-8-4-1-2-6-9(8)10;/h1-7H;1H. The van der Waals surface area contributed by atoms with E-state index in [4.69, 9.17) is 0 Å². The van der Waals surface area contributed by atoms with E-state index in [0.717, 1.165) is 5.39 Å². The van der Waals surface area contributed by atoms with Gasteiger partial charge in [-0.2, -0.15) is 0 Å². The first-order valence-electron chi connectivity index (χ1n) is 3.51. The Kier molecular flexibility index (Phi) is 2.66. The lowest BCUT2D eigenvalue weighted by Crippen LogP contribution is -1.76. The Labute approximate surface area is 76.4 Å². The van der Waals surface area contributed by atoms with Crippen molar-refractivity contribution < 1.29 is 4.39 Å². The summed E-state index contributed by atoms with van der Waals surface area (Å²) in [7, 11) is 0. The van der Waals surface area contributed by atoms with E-state index in [0.29, 0.717) is 5.39 Å². The Morgan fingerprint density at radius 2 is 1.50 bits per heavy atom. The topological polar surface area (TPSA) is 0 Å². The fourth-order valence-electron chi connectivity index (χ4n) is 1.19. The number of hydrogen-bond acceptors (Lipinski definition) is 0. The van der Waals surface area contributed by atoms with Crippen molar-refractivity contribution >= 4 is 23.2 Å². The lowest BCUT2D eigenvalue weighted by atomic mass is 10.1. The molecule has 2 aromatic carbocycles. The molecule has 0 atom stereocenters. The molecular formula is C10H8ClF. The second kappa shape index (κ2) is 3.55. The smallest absolute Gasteiger partial charge is 0.131 e. The maximum atomic E-state index is 13.0. The third-order valence-corrected chi connectivity index (χ3v) is 1.74. The van der Waals surface area contributed by atoms with Gasteiger partial charge >= 0.3 is 0 Å². The first kappa shape index (κ1) is 9.01. The van der Waals surface area contributed by atoms with Crippen LogP contribution in [0.1, 0.15) is 0 Å². The Morgan fingerprint density at radius 1 is 0.833 bits per heavy atom. The molecule has 0 bridgehead atoms. The lowest BCUT2D eigenvalue weighted by molar-refractivity contribution is 0.640. The van der Waals surface area contributed by atoms with Crippen molar-refractivity contribution in [3.8, 4) is 0 Å². The predicted molar refractivity (Wildman–Crippen MR) is 51.2 cm³/mol. The highest BCUT2D eigenvalue weighted by atomic mass is 35.5. The van der Waals surface area contributed by atoms with Crippen LogP contribution in [-0.2, 0) is 0 Å². The minimum absolute atomic E-state index is 0. The molecule has 0 aliphatic heterocycles. The highest BCUT2D eigenvalue weighted by molar-refractivity contribution is 5.85. The summed E-state index contributed by atoms with van der Waals surface area (Å²) in [5.74, 6) is -0.150. The molecule has 62 valence electrons. The zero-order chi connectivity index (χ0) is 7.68. The van der Waals surface area contributed by atoms with Crippen molar-refractivity contribution in [2.24, 2.45) is 0 Å². The zero-order valence-electron chi connectivity index (χ0n) is 6.33. The minimum atomic E-state index is -0.150. The van der Waals surface area contributed by atoms with Crippen molar-refractivity contribution in [2.75, 3.05) is 0 Å². The van der Waals surface area contributed by atoms with Crippen LogP contribution >= 0.6 is 12.4 Å². The minimum Gasteiger partial charge on any atom is -0.206 e. The van der Waals surface area contributed by atoms with Crippen LogP contribution in [0.3, 0.4) is 0 Å². The summed E-state index contributed by atoms with van der Waals surface area (Å²) < 4.78 is 13.0. The molecule has 0 aliphatic rings. The van der Waals surface area contributed by atoms with E-state index in [1.807, 2.05) is 24.3 Å². The molecule has 0 aromatic heterocycles. The average Bonchev–Trinajstić information content (AvgIpc) is 2.06. The highest BCUT2D eigenvalue weighted by Crippen LogP contribution is 2.15. The quantitative estimate of drug-likeness (QED) is 0.586. The molecule has 0 radical (unpaired) electrons. The molecule has 0 nitrogen and oxygen atoms in total. The van der Waals surface area contributed by atoms with Gasteiger partial charge in [-0.15, -0.1) is 12.4 Å². The van der Waals surface area contributed by atoms with Gasteiger partial charge in [0.15, 0.2) is 0 Å². The summed E-state index contributed by atoms with van der Waals surface area (Å²) in [6.45, 7) is 0. The van der Waals surface area contributed by atoms with Gasteiger partial charge in [-0.05, 0) is 11.5 Å². The van der Waals surface area contributed by atoms with Crippen molar-refractivity contribution in [3.05, 3.63) is 48.3 Å². The average molecular weight is 183 g/mol. The molecule has 0 spiro atoms. The molecule has 2 heteroatoms. The van der Waals surface area contributed by atoms with Crippen molar-refractivity contribution in [3.63, 3.8) is 0 Å². The van der Waals surface area contributed by atoms with Gasteiger partial charge in [-0.1, -0.05) is 36.4 Å². The number of rotatable bonds is 0. The number of halogens is 2. The molecule has 0 saturated heterocycles. The first-order chi connectivity index (χ1) is 5.38. The lowest BCUT2D eigenvalue weighted by Gasteiger charge is -1.95. The van der Waals surface area contributed by atoms with Crippen LogP contribution in [-0.4, -0.2) is 0 Å². The third-order valence-electron chi connectivity index (χ3n) is 1.74. The molecule has 2 rings (SSSR count). The summed E-state index contributed by atoms with van der Waals surface area (Å²) in [6.07, 6.45) is 0. The largest absolute Gasteiger partial charge is 0.206 e. The van der Waals surface area contributed by atoms with Crippen molar-refractivity contribution in [1.82, 2.24) is 0 Å². The van der Waals surface area contributed by atoms with Gasteiger partial charge < -0.3 is 0 Å². The summed E-state index contributed by atoms with van der Waals surface area (Å²) in [4.78, 5) is 0. The fourth-order valence-corrected chi connectivity index (χ4v) is 1.19.